The molecule has 0 radical (unpaired) electrons. The van der Waals surface area contributed by atoms with E-state index in [0.717, 1.165) is 43.4 Å². The Morgan fingerprint density at radius 1 is 1.03 bits per heavy atom. The zero-order valence-corrected chi connectivity index (χ0v) is 21.0. The lowest BCUT2D eigenvalue weighted by molar-refractivity contribution is -0.141. The van der Waals surface area contributed by atoms with Gasteiger partial charge in [-0.05, 0) is 42.7 Å². The second kappa shape index (κ2) is 9.88. The van der Waals surface area contributed by atoms with Gasteiger partial charge in [0.15, 0.2) is 5.75 Å². The van der Waals surface area contributed by atoms with Crippen LogP contribution >= 0.6 is 23.2 Å². The zero-order chi connectivity index (χ0) is 24.6. The molecule has 1 amide bonds. The molecule has 1 N–H and O–H groups in total. The van der Waals surface area contributed by atoms with Crippen molar-refractivity contribution in [3.8, 4) is 5.75 Å². The van der Waals surface area contributed by atoms with Crippen molar-refractivity contribution in [2.45, 2.75) is 44.2 Å². The number of nitrogens with zero attached hydrogens (tertiary/aromatic N) is 2. The molecule has 2 fully saturated rings. The number of rotatable bonds is 5. The quantitative estimate of drug-likeness (QED) is 0.316. The minimum atomic E-state index is -0.701. The standard InChI is InChI=1S/C26H28Cl2N2O4/c1-29(2)17-11-9-15(10-12-17)22-21(23(31)16-13-19(27)25(34-3)20(28)14-16)24(32)26(33)30(22)18-7-5-4-6-8-18/h9-14,18,22,31H,4-8H2,1-3H3/b23-21+. The fourth-order valence-corrected chi connectivity index (χ4v) is 5.56. The molecule has 1 atom stereocenters. The van der Waals surface area contributed by atoms with Gasteiger partial charge in [-0.1, -0.05) is 54.6 Å². The third-order valence-electron chi connectivity index (χ3n) is 6.65. The fourth-order valence-electron chi connectivity index (χ4n) is 4.92. The summed E-state index contributed by atoms with van der Waals surface area (Å²) >= 11 is 12.6. The summed E-state index contributed by atoms with van der Waals surface area (Å²) in [5.41, 5.74) is 2.06. The molecule has 1 aliphatic heterocycles. The van der Waals surface area contributed by atoms with Gasteiger partial charge in [0, 0.05) is 31.4 Å². The number of hydrogen-bond donors (Lipinski definition) is 1. The summed E-state index contributed by atoms with van der Waals surface area (Å²) in [7, 11) is 5.33. The Morgan fingerprint density at radius 3 is 2.15 bits per heavy atom. The molecular formula is C26H28Cl2N2O4. The first-order valence-corrected chi connectivity index (χ1v) is 12.1. The van der Waals surface area contributed by atoms with E-state index in [1.54, 1.807) is 4.90 Å². The normalized spacial score (nSPS) is 20.6. The molecule has 2 aliphatic rings. The second-order valence-corrected chi connectivity index (χ2v) is 9.77. The van der Waals surface area contributed by atoms with Crippen LogP contribution in [0.5, 0.6) is 5.75 Å². The number of likely N-dealkylation sites (tertiary alicyclic amines) is 1. The van der Waals surface area contributed by atoms with Gasteiger partial charge in [0.05, 0.1) is 28.8 Å². The van der Waals surface area contributed by atoms with Crippen molar-refractivity contribution < 1.29 is 19.4 Å². The molecule has 34 heavy (non-hydrogen) atoms. The molecule has 4 rings (SSSR count). The molecule has 180 valence electrons. The van der Waals surface area contributed by atoms with Crippen LogP contribution < -0.4 is 9.64 Å². The summed E-state index contributed by atoms with van der Waals surface area (Å²) < 4.78 is 5.20. The predicted molar refractivity (Wildman–Crippen MR) is 135 cm³/mol. The molecular weight excluding hydrogens is 475 g/mol. The van der Waals surface area contributed by atoms with Gasteiger partial charge < -0.3 is 19.6 Å². The van der Waals surface area contributed by atoms with Crippen LogP contribution in [-0.2, 0) is 9.59 Å². The summed E-state index contributed by atoms with van der Waals surface area (Å²) in [6.45, 7) is 0. The van der Waals surface area contributed by atoms with Gasteiger partial charge in [-0.25, -0.2) is 0 Å². The van der Waals surface area contributed by atoms with Crippen molar-refractivity contribution in [1.29, 1.82) is 0 Å². The number of carbonyl (C=O) groups is 2. The van der Waals surface area contributed by atoms with E-state index in [9.17, 15) is 14.7 Å². The molecule has 8 heteroatoms. The molecule has 1 aliphatic carbocycles. The number of methoxy groups -OCH3 is 1. The van der Waals surface area contributed by atoms with E-state index in [4.69, 9.17) is 27.9 Å². The molecule has 6 nitrogen and oxygen atoms in total. The Morgan fingerprint density at radius 2 is 1.62 bits per heavy atom. The molecule has 0 aromatic heterocycles. The molecule has 1 saturated heterocycles. The van der Waals surface area contributed by atoms with E-state index in [2.05, 4.69) is 0 Å². The van der Waals surface area contributed by atoms with Crippen LogP contribution in [0.15, 0.2) is 42.0 Å². The SMILES string of the molecule is COc1c(Cl)cc(/C(O)=C2\C(=O)C(=O)N(C3CCCCC3)C2c2ccc(N(C)C)cc2)cc1Cl. The van der Waals surface area contributed by atoms with E-state index >= 15 is 0 Å². The lowest BCUT2D eigenvalue weighted by Gasteiger charge is -2.35. The average molecular weight is 503 g/mol. The molecule has 2 aromatic rings. The average Bonchev–Trinajstić information content (AvgIpc) is 3.09. The predicted octanol–water partition coefficient (Wildman–Crippen LogP) is 5.82. The fraction of sp³-hybridized carbons (Fsp3) is 0.385. The number of aliphatic hydroxyl groups is 1. The Balaban J connectivity index is 1.88. The number of amides is 1. The first-order chi connectivity index (χ1) is 16.2. The van der Waals surface area contributed by atoms with Crippen LogP contribution in [0.2, 0.25) is 10.0 Å². The molecule has 2 aromatic carbocycles. The summed E-state index contributed by atoms with van der Waals surface area (Å²) in [4.78, 5) is 30.3. The van der Waals surface area contributed by atoms with Gasteiger partial charge in [-0.3, -0.25) is 9.59 Å². The third-order valence-corrected chi connectivity index (χ3v) is 7.21. The largest absolute Gasteiger partial charge is 0.507 e. The molecule has 1 unspecified atom stereocenters. The highest BCUT2D eigenvalue weighted by Gasteiger charge is 2.48. The van der Waals surface area contributed by atoms with Gasteiger partial charge in [-0.15, -0.1) is 0 Å². The minimum Gasteiger partial charge on any atom is -0.507 e. The lowest BCUT2D eigenvalue weighted by Crippen LogP contribution is -2.40. The number of benzene rings is 2. The topological polar surface area (TPSA) is 70.1 Å². The number of hydrogen-bond acceptors (Lipinski definition) is 5. The molecule has 0 spiro atoms. The third kappa shape index (κ3) is 4.37. The van der Waals surface area contributed by atoms with Crippen LogP contribution in [0.3, 0.4) is 0 Å². The van der Waals surface area contributed by atoms with Crippen LogP contribution in [0.4, 0.5) is 5.69 Å². The monoisotopic (exact) mass is 502 g/mol. The highest BCUT2D eigenvalue weighted by molar-refractivity contribution is 6.47. The van der Waals surface area contributed by atoms with Crippen LogP contribution in [0.1, 0.15) is 49.3 Å². The Hall–Kier alpha value is -2.70. The molecule has 1 heterocycles. The Kier molecular flexibility index (Phi) is 7.10. The first kappa shape index (κ1) is 24.4. The number of ether oxygens (including phenoxy) is 1. The van der Waals surface area contributed by atoms with Crippen molar-refractivity contribution in [2.24, 2.45) is 0 Å². The Bertz CT molecular complexity index is 1110. The van der Waals surface area contributed by atoms with E-state index in [0.29, 0.717) is 0 Å². The van der Waals surface area contributed by atoms with Crippen molar-refractivity contribution in [3.05, 3.63) is 63.1 Å². The van der Waals surface area contributed by atoms with E-state index in [1.807, 2.05) is 43.3 Å². The number of anilines is 1. The highest BCUT2D eigenvalue weighted by Crippen LogP contribution is 2.44. The maximum atomic E-state index is 13.3. The summed E-state index contributed by atoms with van der Waals surface area (Å²) in [5, 5.41) is 11.7. The van der Waals surface area contributed by atoms with Crippen molar-refractivity contribution in [2.75, 3.05) is 26.1 Å². The summed E-state index contributed by atoms with van der Waals surface area (Å²) in [6.07, 6.45) is 4.79. The van der Waals surface area contributed by atoms with E-state index in [-0.39, 0.29) is 38.7 Å². The van der Waals surface area contributed by atoms with Crippen molar-refractivity contribution >= 4 is 46.3 Å². The van der Waals surface area contributed by atoms with Crippen LogP contribution in [-0.4, -0.2) is 48.9 Å². The molecule has 1 saturated carbocycles. The minimum absolute atomic E-state index is 0.0467. The number of carbonyl (C=O) groups excluding carboxylic acids is 2. The summed E-state index contributed by atoms with van der Waals surface area (Å²) in [6, 6.07) is 9.92. The van der Waals surface area contributed by atoms with Gasteiger partial charge in [0.25, 0.3) is 11.7 Å². The highest BCUT2D eigenvalue weighted by atomic mass is 35.5. The lowest BCUT2D eigenvalue weighted by atomic mass is 9.91. The van der Waals surface area contributed by atoms with Crippen molar-refractivity contribution in [3.63, 3.8) is 0 Å². The van der Waals surface area contributed by atoms with Gasteiger partial charge in [0.1, 0.15) is 5.76 Å². The van der Waals surface area contributed by atoms with E-state index < -0.39 is 17.7 Å². The second-order valence-electron chi connectivity index (χ2n) is 8.96. The smallest absolute Gasteiger partial charge is 0.295 e. The number of halogens is 2. The number of Topliss-reactive ketones (excluding diaryl/α,β-unsaturated/α-hetero) is 1. The zero-order valence-electron chi connectivity index (χ0n) is 19.5. The van der Waals surface area contributed by atoms with Gasteiger partial charge in [0.2, 0.25) is 0 Å². The van der Waals surface area contributed by atoms with E-state index in [1.165, 1.54) is 19.2 Å². The molecule has 0 bridgehead atoms. The van der Waals surface area contributed by atoms with Gasteiger partial charge >= 0.3 is 0 Å². The first-order valence-electron chi connectivity index (χ1n) is 11.4. The summed E-state index contributed by atoms with van der Waals surface area (Å²) in [5.74, 6) is -1.31. The number of ketones is 1. The Labute approximate surface area is 209 Å². The maximum Gasteiger partial charge on any atom is 0.295 e. The van der Waals surface area contributed by atoms with Gasteiger partial charge in [-0.2, -0.15) is 0 Å². The van der Waals surface area contributed by atoms with Crippen LogP contribution in [0, 0.1) is 0 Å². The maximum absolute atomic E-state index is 13.3. The number of aliphatic hydroxyl groups excluding tert-OH is 1. The van der Waals surface area contributed by atoms with Crippen LogP contribution in [0.25, 0.3) is 5.76 Å². The van der Waals surface area contributed by atoms with Crippen molar-refractivity contribution in [1.82, 2.24) is 4.90 Å².